The number of hydrogen-bond donors (Lipinski definition) is 2. The third-order valence-corrected chi connectivity index (χ3v) is 2.45. The smallest absolute Gasteiger partial charge is 0.335 e. The molecule has 1 heterocycles. The van der Waals surface area contributed by atoms with Crippen molar-refractivity contribution in [2.75, 3.05) is 13.2 Å². The molecule has 5 nitrogen and oxygen atoms in total. The second kappa shape index (κ2) is 6.05. The SMILES string of the molecule is CC1CCC(C(OCCCO)C(=O)O)O1. The Morgan fingerprint density at radius 3 is 2.80 bits per heavy atom. The maximum atomic E-state index is 10.9. The van der Waals surface area contributed by atoms with Crippen molar-refractivity contribution in [3.8, 4) is 0 Å². The molecule has 1 fully saturated rings. The zero-order valence-electron chi connectivity index (χ0n) is 8.89. The number of carbonyl (C=O) groups is 1. The Kier molecular flexibility index (Phi) is 5.01. The largest absolute Gasteiger partial charge is 0.479 e. The highest BCUT2D eigenvalue weighted by atomic mass is 16.6. The Morgan fingerprint density at radius 2 is 2.33 bits per heavy atom. The van der Waals surface area contributed by atoms with Gasteiger partial charge >= 0.3 is 5.97 Å². The van der Waals surface area contributed by atoms with Crippen LogP contribution < -0.4 is 0 Å². The van der Waals surface area contributed by atoms with Gasteiger partial charge in [0.1, 0.15) is 0 Å². The Hall–Kier alpha value is -0.650. The molecule has 0 amide bonds. The topological polar surface area (TPSA) is 76.0 Å². The summed E-state index contributed by atoms with van der Waals surface area (Å²) in [6, 6.07) is 0. The standard InChI is InChI=1S/C10H18O5/c1-7-3-4-8(15-7)9(10(12)13)14-6-2-5-11/h7-9,11H,2-6H2,1H3,(H,12,13). The number of hydrogen-bond acceptors (Lipinski definition) is 4. The van der Waals surface area contributed by atoms with Crippen LogP contribution in [0.4, 0.5) is 0 Å². The van der Waals surface area contributed by atoms with Crippen LogP contribution in [-0.4, -0.2) is 47.7 Å². The molecule has 2 N–H and O–H groups in total. The van der Waals surface area contributed by atoms with E-state index in [4.69, 9.17) is 19.7 Å². The van der Waals surface area contributed by atoms with Gasteiger partial charge in [0.05, 0.1) is 18.8 Å². The molecule has 0 spiro atoms. The van der Waals surface area contributed by atoms with E-state index in [9.17, 15) is 4.79 Å². The molecule has 5 heteroatoms. The molecule has 0 bridgehead atoms. The molecule has 0 saturated carbocycles. The summed E-state index contributed by atoms with van der Waals surface area (Å²) in [6.45, 7) is 2.18. The lowest BCUT2D eigenvalue weighted by atomic mass is 10.1. The van der Waals surface area contributed by atoms with Gasteiger partial charge < -0.3 is 19.7 Å². The lowest BCUT2D eigenvalue weighted by molar-refractivity contribution is -0.161. The molecule has 88 valence electrons. The molecule has 3 unspecified atom stereocenters. The first-order chi connectivity index (χ1) is 7.15. The van der Waals surface area contributed by atoms with Crippen LogP contribution in [0, 0.1) is 0 Å². The summed E-state index contributed by atoms with van der Waals surface area (Å²) >= 11 is 0. The van der Waals surface area contributed by atoms with E-state index in [1.807, 2.05) is 6.92 Å². The number of aliphatic hydroxyl groups is 1. The van der Waals surface area contributed by atoms with Crippen LogP contribution in [0.25, 0.3) is 0 Å². The van der Waals surface area contributed by atoms with Crippen LogP contribution >= 0.6 is 0 Å². The minimum absolute atomic E-state index is 0.00820. The maximum absolute atomic E-state index is 10.9. The third kappa shape index (κ3) is 3.77. The molecular formula is C10H18O5. The van der Waals surface area contributed by atoms with Crippen LogP contribution in [0.5, 0.6) is 0 Å². The Morgan fingerprint density at radius 1 is 1.60 bits per heavy atom. The number of carboxylic acid groups (broad SMARTS) is 1. The van der Waals surface area contributed by atoms with Gasteiger partial charge in [0.2, 0.25) is 0 Å². The minimum atomic E-state index is -0.993. The second-order valence-corrected chi connectivity index (χ2v) is 3.77. The average molecular weight is 218 g/mol. The fraction of sp³-hybridized carbons (Fsp3) is 0.900. The van der Waals surface area contributed by atoms with E-state index in [0.29, 0.717) is 6.42 Å². The van der Waals surface area contributed by atoms with Gasteiger partial charge in [0.25, 0.3) is 0 Å². The van der Waals surface area contributed by atoms with Crippen molar-refractivity contribution in [2.24, 2.45) is 0 Å². The van der Waals surface area contributed by atoms with Crippen LogP contribution in [0.2, 0.25) is 0 Å². The minimum Gasteiger partial charge on any atom is -0.479 e. The predicted molar refractivity (Wildman–Crippen MR) is 52.6 cm³/mol. The number of ether oxygens (including phenoxy) is 2. The highest BCUT2D eigenvalue weighted by Crippen LogP contribution is 2.23. The summed E-state index contributed by atoms with van der Waals surface area (Å²) in [6.07, 6.45) is 0.900. The summed E-state index contributed by atoms with van der Waals surface area (Å²) in [5.74, 6) is -0.993. The van der Waals surface area contributed by atoms with Gasteiger partial charge in [-0.15, -0.1) is 0 Å². The number of aliphatic hydroxyl groups excluding tert-OH is 1. The van der Waals surface area contributed by atoms with Gasteiger partial charge in [-0.3, -0.25) is 0 Å². The Bertz CT molecular complexity index is 206. The van der Waals surface area contributed by atoms with Crippen LogP contribution in [0.3, 0.4) is 0 Å². The molecule has 0 aromatic carbocycles. The van der Waals surface area contributed by atoms with Crippen molar-refractivity contribution in [2.45, 2.75) is 44.5 Å². The van der Waals surface area contributed by atoms with Crippen LogP contribution in [-0.2, 0) is 14.3 Å². The molecule has 0 radical (unpaired) electrons. The summed E-state index contributed by atoms with van der Waals surface area (Å²) in [7, 11) is 0. The lowest BCUT2D eigenvalue weighted by Crippen LogP contribution is -2.37. The normalized spacial score (nSPS) is 27.9. The fourth-order valence-corrected chi connectivity index (χ4v) is 1.67. The maximum Gasteiger partial charge on any atom is 0.335 e. The van der Waals surface area contributed by atoms with Crippen molar-refractivity contribution in [1.82, 2.24) is 0 Å². The third-order valence-electron chi connectivity index (χ3n) is 2.45. The Labute approximate surface area is 89.0 Å². The fourth-order valence-electron chi connectivity index (χ4n) is 1.67. The summed E-state index contributed by atoms with van der Waals surface area (Å²) < 4.78 is 10.6. The molecule has 0 aromatic rings. The number of aliphatic carboxylic acids is 1. The molecule has 1 rings (SSSR count). The van der Waals surface area contributed by atoms with Crippen molar-refractivity contribution >= 4 is 5.97 Å². The van der Waals surface area contributed by atoms with Gasteiger partial charge in [0, 0.05) is 6.61 Å². The molecule has 1 aliphatic rings. The summed E-state index contributed by atoms with van der Waals surface area (Å²) in [4.78, 5) is 10.9. The number of rotatable bonds is 6. The molecule has 15 heavy (non-hydrogen) atoms. The van der Waals surface area contributed by atoms with Crippen LogP contribution in [0.15, 0.2) is 0 Å². The van der Waals surface area contributed by atoms with Gasteiger partial charge in [0.15, 0.2) is 6.10 Å². The molecule has 1 saturated heterocycles. The molecule has 0 aliphatic carbocycles. The van der Waals surface area contributed by atoms with E-state index in [0.717, 1.165) is 12.8 Å². The Balaban J connectivity index is 2.39. The lowest BCUT2D eigenvalue weighted by Gasteiger charge is -2.19. The quantitative estimate of drug-likeness (QED) is 0.631. The summed E-state index contributed by atoms with van der Waals surface area (Å²) in [5, 5.41) is 17.5. The van der Waals surface area contributed by atoms with Crippen molar-refractivity contribution in [3.63, 3.8) is 0 Å². The van der Waals surface area contributed by atoms with Crippen LogP contribution in [0.1, 0.15) is 26.2 Å². The first-order valence-corrected chi connectivity index (χ1v) is 5.26. The van der Waals surface area contributed by atoms with Crippen molar-refractivity contribution < 1.29 is 24.5 Å². The summed E-state index contributed by atoms with van der Waals surface area (Å²) in [5.41, 5.74) is 0. The first kappa shape index (κ1) is 12.4. The monoisotopic (exact) mass is 218 g/mol. The first-order valence-electron chi connectivity index (χ1n) is 5.26. The molecule has 3 atom stereocenters. The van der Waals surface area contributed by atoms with E-state index in [2.05, 4.69) is 0 Å². The number of carboxylic acids is 1. The second-order valence-electron chi connectivity index (χ2n) is 3.77. The highest BCUT2D eigenvalue weighted by Gasteiger charge is 2.34. The molecular weight excluding hydrogens is 200 g/mol. The zero-order valence-corrected chi connectivity index (χ0v) is 8.89. The van der Waals surface area contributed by atoms with E-state index in [1.54, 1.807) is 0 Å². The predicted octanol–water partition coefficient (Wildman–Crippen LogP) is 0.406. The van der Waals surface area contributed by atoms with Crippen molar-refractivity contribution in [3.05, 3.63) is 0 Å². The van der Waals surface area contributed by atoms with Crippen molar-refractivity contribution in [1.29, 1.82) is 0 Å². The van der Waals surface area contributed by atoms with E-state index >= 15 is 0 Å². The zero-order chi connectivity index (χ0) is 11.3. The molecule has 1 aliphatic heterocycles. The van der Waals surface area contributed by atoms with E-state index in [-0.39, 0.29) is 25.4 Å². The highest BCUT2D eigenvalue weighted by molar-refractivity contribution is 5.73. The van der Waals surface area contributed by atoms with Gasteiger partial charge in [-0.1, -0.05) is 0 Å². The average Bonchev–Trinajstić information content (AvgIpc) is 2.59. The molecule has 0 aromatic heterocycles. The van der Waals surface area contributed by atoms with Gasteiger partial charge in [-0.25, -0.2) is 4.79 Å². The van der Waals surface area contributed by atoms with Gasteiger partial charge in [-0.05, 0) is 26.2 Å². The van der Waals surface area contributed by atoms with Gasteiger partial charge in [-0.2, -0.15) is 0 Å². The van der Waals surface area contributed by atoms with E-state index in [1.165, 1.54) is 0 Å². The van der Waals surface area contributed by atoms with E-state index < -0.39 is 12.1 Å².